The van der Waals surface area contributed by atoms with Gasteiger partial charge in [0, 0.05) is 44.6 Å². The van der Waals surface area contributed by atoms with Crippen molar-refractivity contribution in [2.75, 3.05) is 0 Å². The lowest BCUT2D eigenvalue weighted by Crippen LogP contribution is -2.30. The molecule has 0 aliphatic heterocycles. The molecule has 1 saturated carbocycles. The number of rotatable bonds is 6. The van der Waals surface area contributed by atoms with E-state index in [1.54, 1.807) is 0 Å². The maximum absolute atomic E-state index is 2.49. The van der Waals surface area contributed by atoms with Crippen molar-refractivity contribution < 1.29 is 0 Å². The quantitative estimate of drug-likeness (QED) is 0.162. The third kappa shape index (κ3) is 5.31. The predicted molar refractivity (Wildman–Crippen MR) is 235 cm³/mol. The summed E-state index contributed by atoms with van der Waals surface area (Å²) in [5, 5.41) is 3.94. The third-order valence-corrected chi connectivity index (χ3v) is 13.0. The maximum atomic E-state index is 2.49. The molecule has 0 radical (unpaired) electrons. The Morgan fingerprint density at radius 2 is 1.02 bits per heavy atom. The van der Waals surface area contributed by atoms with E-state index < -0.39 is 0 Å². The van der Waals surface area contributed by atoms with Crippen LogP contribution in [0.1, 0.15) is 66.0 Å². The number of fused-ring (bicyclic) bond motifs is 6. The topological polar surface area (TPSA) is 9.86 Å². The van der Waals surface area contributed by atoms with Crippen LogP contribution in [0.4, 0.5) is 0 Å². The molecular formula is C54H44N2. The molecule has 2 heteroatoms. The number of nitrogens with zero attached hydrogens (tertiary/aromatic N) is 2. The monoisotopic (exact) mass is 720 g/mol. The number of benzene rings is 7. The third-order valence-electron chi connectivity index (χ3n) is 13.0. The fourth-order valence-corrected chi connectivity index (χ4v) is 10.2. The fourth-order valence-electron chi connectivity index (χ4n) is 10.2. The van der Waals surface area contributed by atoms with Gasteiger partial charge in [0.2, 0.25) is 0 Å². The SMILES string of the molecule is C1=CC(c2ccccc2)Cc2c1n(-c1ccc(C3(c4ccc(-n5c6ccccc6c6cc(-c7ccccc7)ccc65)cc4)CCCCC3)cc1)c1ccccc21. The molecule has 11 rings (SSSR count). The van der Waals surface area contributed by atoms with E-state index in [9.17, 15) is 0 Å². The Labute approximate surface area is 329 Å². The second-order valence-corrected chi connectivity index (χ2v) is 16.0. The zero-order chi connectivity index (χ0) is 37.1. The lowest BCUT2D eigenvalue weighted by molar-refractivity contribution is 0.346. The molecule has 0 saturated heterocycles. The molecule has 2 aliphatic carbocycles. The molecule has 1 fully saturated rings. The normalized spacial score (nSPS) is 16.4. The van der Waals surface area contributed by atoms with Crippen LogP contribution in [0.5, 0.6) is 0 Å². The number of hydrogen-bond donors (Lipinski definition) is 0. The van der Waals surface area contributed by atoms with E-state index in [0.717, 1.165) is 6.42 Å². The van der Waals surface area contributed by atoms with Crippen molar-refractivity contribution in [2.45, 2.75) is 49.9 Å². The highest BCUT2D eigenvalue weighted by Gasteiger charge is 2.36. The van der Waals surface area contributed by atoms with Crippen molar-refractivity contribution in [1.29, 1.82) is 0 Å². The maximum Gasteiger partial charge on any atom is 0.0541 e. The highest BCUT2D eigenvalue weighted by molar-refractivity contribution is 6.10. The summed E-state index contributed by atoms with van der Waals surface area (Å²) in [7, 11) is 0. The van der Waals surface area contributed by atoms with Crippen LogP contribution in [0.3, 0.4) is 0 Å². The largest absolute Gasteiger partial charge is 0.310 e. The molecule has 2 aliphatic rings. The summed E-state index contributed by atoms with van der Waals surface area (Å²) < 4.78 is 4.94. The van der Waals surface area contributed by atoms with Gasteiger partial charge < -0.3 is 9.13 Å². The Bertz CT molecular complexity index is 2880. The van der Waals surface area contributed by atoms with E-state index in [4.69, 9.17) is 0 Å². The number of para-hydroxylation sites is 2. The first-order valence-corrected chi connectivity index (χ1v) is 20.4. The summed E-state index contributed by atoms with van der Waals surface area (Å²) in [6.07, 6.45) is 12.0. The van der Waals surface area contributed by atoms with Crippen molar-refractivity contribution >= 4 is 38.8 Å². The van der Waals surface area contributed by atoms with Gasteiger partial charge >= 0.3 is 0 Å². The van der Waals surface area contributed by atoms with Crippen LogP contribution in [0.15, 0.2) is 182 Å². The highest BCUT2D eigenvalue weighted by atomic mass is 15.0. The zero-order valence-corrected chi connectivity index (χ0v) is 31.6. The zero-order valence-electron chi connectivity index (χ0n) is 31.6. The van der Waals surface area contributed by atoms with Crippen LogP contribution >= 0.6 is 0 Å². The molecule has 56 heavy (non-hydrogen) atoms. The average Bonchev–Trinajstić information content (AvgIpc) is 3.79. The van der Waals surface area contributed by atoms with Crippen LogP contribution in [0, 0.1) is 0 Å². The van der Waals surface area contributed by atoms with Gasteiger partial charge in [-0.05, 0) is 107 Å². The minimum atomic E-state index is 0.00170. The Morgan fingerprint density at radius 1 is 0.446 bits per heavy atom. The molecule has 0 bridgehead atoms. The van der Waals surface area contributed by atoms with Gasteiger partial charge in [0.15, 0.2) is 0 Å². The summed E-state index contributed by atoms with van der Waals surface area (Å²) in [4.78, 5) is 0. The van der Waals surface area contributed by atoms with Gasteiger partial charge in [-0.15, -0.1) is 0 Å². The Balaban J connectivity index is 0.961. The van der Waals surface area contributed by atoms with Crippen molar-refractivity contribution in [3.05, 3.63) is 210 Å². The van der Waals surface area contributed by atoms with Gasteiger partial charge in [-0.3, -0.25) is 0 Å². The summed E-state index contributed by atoms with van der Waals surface area (Å²) >= 11 is 0. The molecule has 2 heterocycles. The van der Waals surface area contributed by atoms with Crippen LogP contribution < -0.4 is 0 Å². The van der Waals surface area contributed by atoms with E-state index >= 15 is 0 Å². The second kappa shape index (κ2) is 13.4. The lowest BCUT2D eigenvalue weighted by Gasteiger charge is -2.39. The molecule has 0 N–H and O–H groups in total. The second-order valence-electron chi connectivity index (χ2n) is 16.0. The van der Waals surface area contributed by atoms with E-state index in [0.29, 0.717) is 5.92 Å². The smallest absolute Gasteiger partial charge is 0.0541 e. The molecule has 0 amide bonds. The van der Waals surface area contributed by atoms with Crippen molar-refractivity contribution in [2.24, 2.45) is 0 Å². The average molecular weight is 721 g/mol. The van der Waals surface area contributed by atoms with Gasteiger partial charge in [0.05, 0.1) is 16.6 Å². The number of allylic oxidation sites excluding steroid dienone is 1. The van der Waals surface area contributed by atoms with Gasteiger partial charge in [-0.1, -0.05) is 153 Å². The van der Waals surface area contributed by atoms with E-state index in [2.05, 4.69) is 197 Å². The van der Waals surface area contributed by atoms with Gasteiger partial charge in [0.1, 0.15) is 0 Å². The summed E-state index contributed by atoms with van der Waals surface area (Å²) in [6, 6.07) is 65.6. The first kappa shape index (κ1) is 33.0. The van der Waals surface area contributed by atoms with Crippen LogP contribution in [-0.4, -0.2) is 9.13 Å². The summed E-state index contributed by atoms with van der Waals surface area (Å²) in [6.45, 7) is 0. The summed E-state index contributed by atoms with van der Waals surface area (Å²) in [5.74, 6) is 0.394. The molecule has 270 valence electrons. The number of aromatic nitrogens is 2. The Morgan fingerprint density at radius 3 is 1.71 bits per heavy atom. The molecule has 1 atom stereocenters. The van der Waals surface area contributed by atoms with Gasteiger partial charge in [0.25, 0.3) is 0 Å². The fraction of sp³-hybridized carbons (Fsp3) is 0.148. The van der Waals surface area contributed by atoms with Gasteiger partial charge in [-0.2, -0.15) is 0 Å². The number of hydrogen-bond acceptors (Lipinski definition) is 0. The van der Waals surface area contributed by atoms with E-state index in [-0.39, 0.29) is 5.41 Å². The van der Waals surface area contributed by atoms with Crippen molar-refractivity contribution in [1.82, 2.24) is 9.13 Å². The van der Waals surface area contributed by atoms with E-state index in [1.807, 2.05) is 0 Å². The van der Waals surface area contributed by atoms with Gasteiger partial charge in [-0.25, -0.2) is 0 Å². The highest BCUT2D eigenvalue weighted by Crippen LogP contribution is 2.46. The minimum Gasteiger partial charge on any atom is -0.310 e. The standard InChI is InChI=1S/C54H44N2/c1-4-14-38(15-5-1)40-22-32-52-48(36-40)46-18-8-10-20-50(46)55(52)44-28-24-42(25-29-44)54(34-12-3-13-35-54)43-26-30-45(31-27-43)56-51-21-11-9-19-47(51)49-37-41(23-33-53(49)56)39-16-6-2-7-17-39/h1-2,4-11,14-33,36,41H,3,12-13,34-35,37H2. The van der Waals surface area contributed by atoms with E-state index in [1.165, 1.54) is 115 Å². The molecule has 9 aromatic rings. The molecular weight excluding hydrogens is 677 g/mol. The molecule has 0 spiro atoms. The molecule has 1 unspecified atom stereocenters. The Hall–Kier alpha value is -6.38. The van der Waals surface area contributed by atoms with Crippen LogP contribution in [0.2, 0.25) is 0 Å². The minimum absolute atomic E-state index is 0.00170. The summed E-state index contributed by atoms with van der Waals surface area (Å²) in [5.41, 5.74) is 15.7. The Kier molecular flexibility index (Phi) is 7.91. The lowest BCUT2D eigenvalue weighted by atomic mass is 9.65. The first-order chi connectivity index (χ1) is 27.7. The van der Waals surface area contributed by atoms with Crippen LogP contribution in [0.25, 0.3) is 61.3 Å². The molecule has 2 aromatic heterocycles. The van der Waals surface area contributed by atoms with Crippen LogP contribution in [-0.2, 0) is 11.8 Å². The van der Waals surface area contributed by atoms with Crippen molar-refractivity contribution in [3.8, 4) is 22.5 Å². The molecule has 2 nitrogen and oxygen atoms in total. The predicted octanol–water partition coefficient (Wildman–Crippen LogP) is 14.0. The first-order valence-electron chi connectivity index (χ1n) is 20.4. The molecule has 7 aromatic carbocycles. The van der Waals surface area contributed by atoms with Crippen molar-refractivity contribution in [3.63, 3.8) is 0 Å².